The Balaban J connectivity index is 1.38. The summed E-state index contributed by atoms with van der Waals surface area (Å²) in [6.45, 7) is 8.52. The van der Waals surface area contributed by atoms with E-state index < -0.39 is 11.9 Å². The molecule has 0 aliphatic heterocycles. The van der Waals surface area contributed by atoms with Gasteiger partial charge in [0.2, 0.25) is 0 Å². The fraction of sp³-hybridized carbons (Fsp3) is 0.500. The topological polar surface area (TPSA) is 87.5 Å². The lowest BCUT2D eigenvalue weighted by Crippen LogP contribution is -2.32. The van der Waals surface area contributed by atoms with E-state index in [0.29, 0.717) is 33.0 Å². The summed E-state index contributed by atoms with van der Waals surface area (Å²) in [4.78, 5) is 43.6. The summed E-state index contributed by atoms with van der Waals surface area (Å²) in [7, 11) is 0. The van der Waals surface area contributed by atoms with Crippen LogP contribution in [0.1, 0.15) is 67.3 Å². The molecule has 0 N–H and O–H groups in total. The van der Waals surface area contributed by atoms with Gasteiger partial charge in [0, 0.05) is 6.42 Å². The molecule has 1 aromatic carbocycles. The first-order valence-electron chi connectivity index (χ1n) is 12.5. The zero-order chi connectivity index (χ0) is 25.9. The molecule has 1 fully saturated rings. The van der Waals surface area contributed by atoms with Crippen LogP contribution in [-0.4, -0.2) is 34.2 Å². The van der Waals surface area contributed by atoms with Crippen LogP contribution in [0.25, 0.3) is 10.2 Å². The molecule has 1 saturated carbocycles. The Hall–Kier alpha value is -3.00. The molecule has 0 bridgehead atoms. The third kappa shape index (κ3) is 6.03. The number of thiophene rings is 1. The van der Waals surface area contributed by atoms with Crippen LogP contribution < -0.4 is 5.56 Å². The second kappa shape index (κ2) is 10.9. The Morgan fingerprint density at radius 3 is 2.47 bits per heavy atom. The first-order valence-corrected chi connectivity index (χ1v) is 13.3. The smallest absolute Gasteiger partial charge is 0.348 e. The molecule has 7 nitrogen and oxygen atoms in total. The van der Waals surface area contributed by atoms with Gasteiger partial charge in [-0.3, -0.25) is 14.2 Å². The summed E-state index contributed by atoms with van der Waals surface area (Å²) in [6, 6.07) is 9.78. The Bertz CT molecular complexity index is 1280. The van der Waals surface area contributed by atoms with Gasteiger partial charge in [0.1, 0.15) is 22.4 Å². The predicted octanol–water partition coefficient (Wildman–Crippen LogP) is 5.31. The quantitative estimate of drug-likeness (QED) is 0.400. The van der Waals surface area contributed by atoms with Crippen LogP contribution in [0.4, 0.5) is 0 Å². The lowest BCUT2D eigenvalue weighted by molar-refractivity contribution is -0.152. The summed E-state index contributed by atoms with van der Waals surface area (Å²) in [5.41, 5.74) is 1.51. The van der Waals surface area contributed by atoms with E-state index in [4.69, 9.17) is 9.47 Å². The summed E-state index contributed by atoms with van der Waals surface area (Å²) in [6.07, 6.45) is 5.62. The van der Waals surface area contributed by atoms with E-state index >= 15 is 0 Å². The van der Waals surface area contributed by atoms with Crippen LogP contribution in [0.3, 0.4) is 0 Å². The highest BCUT2D eigenvalue weighted by molar-refractivity contribution is 7.20. The highest BCUT2D eigenvalue weighted by atomic mass is 32.1. The van der Waals surface area contributed by atoms with E-state index in [1.54, 1.807) is 6.92 Å². The Morgan fingerprint density at radius 2 is 1.81 bits per heavy atom. The molecule has 1 aliphatic carbocycles. The molecule has 0 radical (unpaired) electrons. The van der Waals surface area contributed by atoms with Gasteiger partial charge in [-0.25, -0.2) is 9.78 Å². The van der Waals surface area contributed by atoms with Gasteiger partial charge in [-0.05, 0) is 55.1 Å². The molecule has 1 aliphatic rings. The maximum atomic E-state index is 13.1. The highest BCUT2D eigenvalue weighted by Crippen LogP contribution is 2.38. The summed E-state index contributed by atoms with van der Waals surface area (Å²) >= 11 is 1.14. The predicted molar refractivity (Wildman–Crippen MR) is 140 cm³/mol. The molecular formula is C28H34N2O5S. The maximum absolute atomic E-state index is 13.1. The molecule has 36 heavy (non-hydrogen) atoms. The SMILES string of the molecule is Cc1c(C(=O)OCCc2ccccc2)sc2ncn(CC(=O)OC3CCC(C(C)(C)C)CC3)c(=O)c12. The minimum atomic E-state index is -0.470. The molecule has 8 heteroatoms. The molecule has 2 aromatic heterocycles. The number of fused-ring (bicyclic) bond motifs is 1. The molecule has 0 saturated heterocycles. The maximum Gasteiger partial charge on any atom is 0.348 e. The Labute approximate surface area is 215 Å². The number of benzene rings is 1. The molecule has 0 amide bonds. The largest absolute Gasteiger partial charge is 0.461 e. The van der Waals surface area contributed by atoms with Crippen LogP contribution in [0.5, 0.6) is 0 Å². The van der Waals surface area contributed by atoms with Gasteiger partial charge in [-0.1, -0.05) is 51.1 Å². The van der Waals surface area contributed by atoms with Gasteiger partial charge in [-0.15, -0.1) is 11.3 Å². The molecule has 0 atom stereocenters. The normalized spacial score (nSPS) is 18.2. The monoisotopic (exact) mass is 510 g/mol. The van der Waals surface area contributed by atoms with Crippen molar-refractivity contribution < 1.29 is 19.1 Å². The fourth-order valence-electron chi connectivity index (χ4n) is 4.85. The molecule has 3 aromatic rings. The van der Waals surface area contributed by atoms with Crippen molar-refractivity contribution in [2.75, 3.05) is 6.61 Å². The average molecular weight is 511 g/mol. The Morgan fingerprint density at radius 1 is 1.11 bits per heavy atom. The summed E-state index contributed by atoms with van der Waals surface area (Å²) < 4.78 is 12.4. The van der Waals surface area contributed by atoms with Crippen LogP contribution in [-0.2, 0) is 27.2 Å². The number of nitrogens with zero attached hydrogens (tertiary/aromatic N) is 2. The second-order valence-electron chi connectivity index (χ2n) is 10.6. The van der Waals surface area contributed by atoms with E-state index in [1.165, 1.54) is 10.9 Å². The van der Waals surface area contributed by atoms with Crippen molar-refractivity contribution in [3.05, 3.63) is 63.0 Å². The molecule has 0 unspecified atom stereocenters. The van der Waals surface area contributed by atoms with Gasteiger partial charge in [-0.2, -0.15) is 0 Å². The number of esters is 2. The highest BCUT2D eigenvalue weighted by Gasteiger charge is 2.31. The lowest BCUT2D eigenvalue weighted by Gasteiger charge is -2.36. The van der Waals surface area contributed by atoms with Crippen LogP contribution in [0.2, 0.25) is 0 Å². The van der Waals surface area contributed by atoms with Crippen LogP contribution >= 0.6 is 11.3 Å². The van der Waals surface area contributed by atoms with E-state index in [0.717, 1.165) is 42.6 Å². The zero-order valence-corrected chi connectivity index (χ0v) is 22.2. The minimum Gasteiger partial charge on any atom is -0.461 e. The zero-order valence-electron chi connectivity index (χ0n) is 21.4. The standard InChI is InChI=1S/C28H34N2O5S/c1-18-23-25(36-24(18)27(33)34-15-14-19-8-6-5-7-9-19)29-17-30(26(23)32)16-22(31)35-21-12-10-20(11-13-21)28(2,3)4/h5-9,17,20-21H,10-16H2,1-4H3. The number of aryl methyl sites for hydroxylation is 1. The first kappa shape index (κ1) is 26.1. The molecule has 192 valence electrons. The van der Waals surface area contributed by atoms with Crippen molar-refractivity contribution in [1.29, 1.82) is 0 Å². The van der Waals surface area contributed by atoms with Gasteiger partial charge in [0.05, 0.1) is 18.3 Å². The average Bonchev–Trinajstić information content (AvgIpc) is 3.18. The van der Waals surface area contributed by atoms with E-state index in [-0.39, 0.29) is 30.2 Å². The minimum absolute atomic E-state index is 0.108. The van der Waals surface area contributed by atoms with Crippen LogP contribution in [0, 0.1) is 18.3 Å². The third-order valence-corrected chi connectivity index (χ3v) is 8.25. The van der Waals surface area contributed by atoms with E-state index in [2.05, 4.69) is 25.8 Å². The lowest BCUT2D eigenvalue weighted by atomic mass is 9.72. The van der Waals surface area contributed by atoms with Crippen molar-refractivity contribution in [1.82, 2.24) is 9.55 Å². The number of hydrogen-bond acceptors (Lipinski definition) is 7. The van der Waals surface area contributed by atoms with Gasteiger partial charge in [0.25, 0.3) is 5.56 Å². The van der Waals surface area contributed by atoms with E-state index in [1.807, 2.05) is 30.3 Å². The fourth-order valence-corrected chi connectivity index (χ4v) is 5.88. The number of aromatic nitrogens is 2. The number of rotatable bonds is 7. The first-order chi connectivity index (χ1) is 17.1. The summed E-state index contributed by atoms with van der Waals surface area (Å²) in [5, 5.41) is 0.344. The van der Waals surface area contributed by atoms with Gasteiger partial charge < -0.3 is 9.47 Å². The number of carbonyl (C=O) groups excluding carboxylic acids is 2. The van der Waals surface area contributed by atoms with E-state index in [9.17, 15) is 14.4 Å². The van der Waals surface area contributed by atoms with Gasteiger partial charge in [0.15, 0.2) is 0 Å². The van der Waals surface area contributed by atoms with Gasteiger partial charge >= 0.3 is 11.9 Å². The number of carbonyl (C=O) groups is 2. The van der Waals surface area contributed by atoms with Crippen molar-refractivity contribution in [3.8, 4) is 0 Å². The van der Waals surface area contributed by atoms with Crippen molar-refractivity contribution in [3.63, 3.8) is 0 Å². The van der Waals surface area contributed by atoms with Crippen LogP contribution in [0.15, 0.2) is 41.5 Å². The second-order valence-corrected chi connectivity index (χ2v) is 11.6. The number of hydrogen-bond donors (Lipinski definition) is 0. The Kier molecular flexibility index (Phi) is 7.93. The number of ether oxygens (including phenoxy) is 2. The molecular weight excluding hydrogens is 476 g/mol. The van der Waals surface area contributed by atoms with Crippen molar-refractivity contribution >= 4 is 33.5 Å². The molecule has 0 spiro atoms. The molecule has 2 heterocycles. The van der Waals surface area contributed by atoms with Crippen molar-refractivity contribution in [2.24, 2.45) is 11.3 Å². The molecule has 4 rings (SSSR count). The van der Waals surface area contributed by atoms with Crippen molar-refractivity contribution in [2.45, 2.75) is 72.4 Å². The third-order valence-electron chi connectivity index (χ3n) is 7.07. The summed E-state index contributed by atoms with van der Waals surface area (Å²) in [5.74, 6) is -0.281.